The highest BCUT2D eigenvalue weighted by Gasteiger charge is 2.39. The van der Waals surface area contributed by atoms with Crippen LogP contribution in [0.4, 0.5) is 0 Å². The number of nitrogens with two attached hydrogens (primary N) is 1. The smallest absolute Gasteiger partial charge is 0.139 e. The standard InChI is InChI=1S/C22H20N4O/c23-27-17-21-16-26(25-24-21)22(18-10-4-1-5-11-18,19-12-6-2-7-13-19)20-14-8-3-9-15-20/h1-16H,17,23H2. The first-order valence-corrected chi connectivity index (χ1v) is 8.75. The van der Waals surface area contributed by atoms with Gasteiger partial charge in [0, 0.05) is 0 Å². The van der Waals surface area contributed by atoms with Crippen LogP contribution < -0.4 is 5.90 Å². The van der Waals surface area contributed by atoms with Crippen molar-refractivity contribution in [2.24, 2.45) is 5.90 Å². The molecule has 4 aromatic rings. The van der Waals surface area contributed by atoms with E-state index in [4.69, 9.17) is 10.7 Å². The minimum absolute atomic E-state index is 0.203. The second kappa shape index (κ2) is 7.53. The van der Waals surface area contributed by atoms with Gasteiger partial charge in [-0.2, -0.15) is 0 Å². The average Bonchev–Trinajstić information content (AvgIpc) is 3.20. The molecule has 4 rings (SSSR count). The van der Waals surface area contributed by atoms with Gasteiger partial charge in [-0.25, -0.2) is 10.6 Å². The van der Waals surface area contributed by atoms with E-state index in [1.807, 2.05) is 65.5 Å². The van der Waals surface area contributed by atoms with Crippen LogP contribution in [-0.2, 0) is 17.0 Å². The van der Waals surface area contributed by atoms with Crippen LogP contribution in [0.25, 0.3) is 0 Å². The molecule has 1 aromatic heterocycles. The molecule has 0 atom stereocenters. The third-order valence-corrected chi connectivity index (χ3v) is 4.69. The summed E-state index contributed by atoms with van der Waals surface area (Å²) in [7, 11) is 0. The third kappa shape index (κ3) is 3.03. The van der Waals surface area contributed by atoms with Gasteiger partial charge in [0.15, 0.2) is 0 Å². The summed E-state index contributed by atoms with van der Waals surface area (Å²) in [4.78, 5) is 4.76. The lowest BCUT2D eigenvalue weighted by Crippen LogP contribution is -2.38. The van der Waals surface area contributed by atoms with Gasteiger partial charge in [-0.15, -0.1) is 5.10 Å². The van der Waals surface area contributed by atoms with Crippen LogP contribution in [0.1, 0.15) is 22.4 Å². The Hall–Kier alpha value is -3.28. The van der Waals surface area contributed by atoms with Crippen molar-refractivity contribution in [1.82, 2.24) is 15.0 Å². The molecule has 0 saturated carbocycles. The molecule has 0 unspecified atom stereocenters. The topological polar surface area (TPSA) is 66.0 Å². The highest BCUT2D eigenvalue weighted by atomic mass is 16.6. The van der Waals surface area contributed by atoms with Gasteiger partial charge in [0.05, 0.1) is 6.20 Å². The van der Waals surface area contributed by atoms with Crippen LogP contribution in [0.15, 0.2) is 97.2 Å². The van der Waals surface area contributed by atoms with Crippen molar-refractivity contribution >= 4 is 0 Å². The van der Waals surface area contributed by atoms with Gasteiger partial charge in [-0.1, -0.05) is 96.2 Å². The molecule has 0 aliphatic heterocycles. The van der Waals surface area contributed by atoms with E-state index < -0.39 is 5.54 Å². The zero-order chi connectivity index (χ0) is 18.5. The van der Waals surface area contributed by atoms with Crippen LogP contribution in [0.3, 0.4) is 0 Å². The molecule has 2 N–H and O–H groups in total. The fraction of sp³-hybridized carbons (Fsp3) is 0.0909. The van der Waals surface area contributed by atoms with Gasteiger partial charge in [-0.05, 0) is 16.7 Å². The summed E-state index contributed by atoms with van der Waals surface area (Å²) in [6, 6.07) is 30.9. The Labute approximate surface area is 158 Å². The van der Waals surface area contributed by atoms with E-state index in [0.717, 1.165) is 16.7 Å². The Kier molecular flexibility index (Phi) is 4.78. The molecular weight excluding hydrogens is 336 g/mol. The second-order valence-corrected chi connectivity index (χ2v) is 6.27. The van der Waals surface area contributed by atoms with Gasteiger partial charge in [-0.3, -0.25) is 4.84 Å². The monoisotopic (exact) mass is 356 g/mol. The lowest BCUT2D eigenvalue weighted by atomic mass is 9.77. The maximum atomic E-state index is 5.24. The molecule has 0 radical (unpaired) electrons. The van der Waals surface area contributed by atoms with Crippen molar-refractivity contribution in [1.29, 1.82) is 0 Å². The van der Waals surface area contributed by atoms with E-state index in [9.17, 15) is 0 Å². The first kappa shape index (κ1) is 17.1. The number of benzene rings is 3. The maximum absolute atomic E-state index is 5.24. The molecule has 5 heteroatoms. The molecule has 0 spiro atoms. The number of rotatable bonds is 6. The van der Waals surface area contributed by atoms with Crippen LogP contribution in [0.2, 0.25) is 0 Å². The first-order valence-electron chi connectivity index (χ1n) is 8.75. The third-order valence-electron chi connectivity index (χ3n) is 4.69. The molecule has 0 bridgehead atoms. The Morgan fingerprint density at radius 1 is 0.741 bits per heavy atom. The summed E-state index contributed by atoms with van der Waals surface area (Å²) in [6.45, 7) is 0.203. The van der Waals surface area contributed by atoms with E-state index in [1.54, 1.807) is 0 Å². The molecular formula is C22H20N4O. The number of hydrogen-bond acceptors (Lipinski definition) is 4. The van der Waals surface area contributed by atoms with E-state index in [-0.39, 0.29) is 6.61 Å². The summed E-state index contributed by atoms with van der Waals surface area (Å²) >= 11 is 0. The van der Waals surface area contributed by atoms with E-state index >= 15 is 0 Å². The predicted molar refractivity (Wildman–Crippen MR) is 104 cm³/mol. The highest BCUT2D eigenvalue weighted by molar-refractivity contribution is 5.50. The van der Waals surface area contributed by atoms with E-state index in [2.05, 4.69) is 46.7 Å². The second-order valence-electron chi connectivity index (χ2n) is 6.27. The minimum atomic E-state index is -0.663. The van der Waals surface area contributed by atoms with Crippen LogP contribution >= 0.6 is 0 Å². The van der Waals surface area contributed by atoms with Crippen molar-refractivity contribution in [2.45, 2.75) is 12.1 Å². The molecule has 0 saturated heterocycles. The van der Waals surface area contributed by atoms with Gasteiger partial charge < -0.3 is 0 Å². The number of hydrogen-bond donors (Lipinski definition) is 1. The van der Waals surface area contributed by atoms with Crippen LogP contribution in [-0.4, -0.2) is 15.0 Å². The van der Waals surface area contributed by atoms with E-state index in [1.165, 1.54) is 0 Å². The molecule has 134 valence electrons. The molecule has 0 aliphatic carbocycles. The van der Waals surface area contributed by atoms with Crippen molar-refractivity contribution in [3.63, 3.8) is 0 Å². The summed E-state index contributed by atoms with van der Waals surface area (Å²) < 4.78 is 1.89. The molecule has 3 aromatic carbocycles. The Morgan fingerprint density at radius 2 is 1.19 bits per heavy atom. The van der Waals surface area contributed by atoms with Gasteiger partial charge in [0.25, 0.3) is 0 Å². The normalized spacial score (nSPS) is 11.4. The van der Waals surface area contributed by atoms with Gasteiger partial charge in [0.1, 0.15) is 17.8 Å². The Balaban J connectivity index is 2.06. The van der Waals surface area contributed by atoms with Crippen molar-refractivity contribution in [3.8, 4) is 0 Å². The fourth-order valence-electron chi connectivity index (χ4n) is 3.55. The molecule has 0 fully saturated rings. The fourth-order valence-corrected chi connectivity index (χ4v) is 3.55. The first-order chi connectivity index (χ1) is 13.4. The van der Waals surface area contributed by atoms with Crippen LogP contribution in [0, 0.1) is 0 Å². The Morgan fingerprint density at radius 3 is 1.59 bits per heavy atom. The molecule has 5 nitrogen and oxygen atoms in total. The lowest BCUT2D eigenvalue weighted by molar-refractivity contribution is 0.121. The highest BCUT2D eigenvalue weighted by Crippen LogP contribution is 2.40. The van der Waals surface area contributed by atoms with Gasteiger partial charge in [0.2, 0.25) is 0 Å². The summed E-state index contributed by atoms with van der Waals surface area (Å²) in [6.07, 6.45) is 1.89. The number of aromatic nitrogens is 3. The molecule has 0 amide bonds. The summed E-state index contributed by atoms with van der Waals surface area (Å²) in [5, 5.41) is 8.72. The maximum Gasteiger partial charge on any atom is 0.139 e. The predicted octanol–water partition coefficient (Wildman–Crippen LogP) is 3.51. The average molecular weight is 356 g/mol. The Bertz CT molecular complexity index is 888. The largest absolute Gasteiger partial charge is 0.298 e. The van der Waals surface area contributed by atoms with Crippen molar-refractivity contribution in [2.75, 3.05) is 0 Å². The van der Waals surface area contributed by atoms with Crippen molar-refractivity contribution < 1.29 is 4.84 Å². The molecule has 27 heavy (non-hydrogen) atoms. The molecule has 0 aliphatic rings. The summed E-state index contributed by atoms with van der Waals surface area (Å²) in [5.74, 6) is 5.24. The van der Waals surface area contributed by atoms with E-state index in [0.29, 0.717) is 5.69 Å². The quantitative estimate of drug-likeness (QED) is 0.424. The van der Waals surface area contributed by atoms with Crippen molar-refractivity contribution in [3.05, 3.63) is 120 Å². The van der Waals surface area contributed by atoms with Gasteiger partial charge >= 0.3 is 0 Å². The zero-order valence-corrected chi connectivity index (χ0v) is 14.8. The molecule has 1 heterocycles. The SMILES string of the molecule is NOCc1cn(C(c2ccccc2)(c2ccccc2)c2ccccc2)nn1. The zero-order valence-electron chi connectivity index (χ0n) is 14.8. The van der Waals surface area contributed by atoms with Crippen LogP contribution in [0.5, 0.6) is 0 Å². The number of nitrogens with zero attached hydrogens (tertiary/aromatic N) is 3. The summed E-state index contributed by atoms with van der Waals surface area (Å²) in [5.41, 5.74) is 3.28. The lowest BCUT2D eigenvalue weighted by Gasteiger charge is -2.35. The minimum Gasteiger partial charge on any atom is -0.298 e.